The smallest absolute Gasteiger partial charge is 0.261 e. The lowest BCUT2D eigenvalue weighted by atomic mass is 10.1. The number of nitrogens with zero attached hydrogens (tertiary/aromatic N) is 1. The lowest BCUT2D eigenvalue weighted by Gasteiger charge is -2.13. The summed E-state index contributed by atoms with van der Waals surface area (Å²) in [4.78, 5) is 24.7. The summed E-state index contributed by atoms with van der Waals surface area (Å²) in [6, 6.07) is 3.95. The van der Waals surface area contributed by atoms with E-state index in [0.717, 1.165) is 11.4 Å². The highest BCUT2D eigenvalue weighted by Gasteiger charge is 2.33. The predicted octanol–water partition coefficient (Wildman–Crippen LogP) is 0.189. The molecule has 0 aromatic heterocycles. The Kier molecular flexibility index (Phi) is 4.64. The molecule has 0 saturated heterocycles. The summed E-state index contributed by atoms with van der Waals surface area (Å²) in [6.07, 6.45) is 0. The van der Waals surface area contributed by atoms with Gasteiger partial charge in [0.15, 0.2) is 0 Å². The highest BCUT2D eigenvalue weighted by Crippen LogP contribution is 2.24. The van der Waals surface area contributed by atoms with Gasteiger partial charge in [0.1, 0.15) is 0 Å². The molecule has 0 saturated carbocycles. The average molecular weight is 325 g/mol. The minimum atomic E-state index is -3.73. The third kappa shape index (κ3) is 3.03. The molecule has 0 spiro atoms. The molecule has 22 heavy (non-hydrogen) atoms. The van der Waals surface area contributed by atoms with Crippen LogP contribution >= 0.6 is 0 Å². The number of likely N-dealkylation sites (N-methyl/N-ethyl adjacent to an activating group) is 1. The number of rotatable bonds is 6. The molecule has 1 atom stereocenters. The van der Waals surface area contributed by atoms with Crippen molar-refractivity contribution >= 4 is 21.8 Å². The molecule has 1 aliphatic heterocycles. The first-order valence-electron chi connectivity index (χ1n) is 6.97. The second-order valence-electron chi connectivity index (χ2n) is 5.19. The molecule has 8 heteroatoms. The van der Waals surface area contributed by atoms with Crippen LogP contribution in [0, 0.1) is 0 Å². The number of carbonyl (C=O) groups excluding carboxylic acids is 2. The van der Waals surface area contributed by atoms with E-state index in [0.29, 0.717) is 0 Å². The summed E-state index contributed by atoms with van der Waals surface area (Å²) >= 11 is 0. The number of benzene rings is 1. The molecule has 2 rings (SSSR count). The summed E-state index contributed by atoms with van der Waals surface area (Å²) < 4.78 is 27.0. The van der Waals surface area contributed by atoms with E-state index in [1.54, 1.807) is 0 Å². The van der Waals surface area contributed by atoms with Crippen molar-refractivity contribution in [1.29, 1.82) is 0 Å². The fraction of sp³-hybridized carbons (Fsp3) is 0.429. The molecule has 120 valence electrons. The fourth-order valence-electron chi connectivity index (χ4n) is 2.25. The Morgan fingerprint density at radius 3 is 2.45 bits per heavy atom. The number of amides is 2. The van der Waals surface area contributed by atoms with Gasteiger partial charge < -0.3 is 5.32 Å². The van der Waals surface area contributed by atoms with Gasteiger partial charge in [0.05, 0.1) is 16.0 Å². The van der Waals surface area contributed by atoms with E-state index in [2.05, 4.69) is 10.0 Å². The van der Waals surface area contributed by atoms with Crippen molar-refractivity contribution in [3.05, 3.63) is 29.3 Å². The topological polar surface area (TPSA) is 95.6 Å². The summed E-state index contributed by atoms with van der Waals surface area (Å²) in [7, 11) is -2.36. The van der Waals surface area contributed by atoms with Gasteiger partial charge in [-0.15, -0.1) is 0 Å². The van der Waals surface area contributed by atoms with Crippen molar-refractivity contribution < 1.29 is 18.0 Å². The van der Waals surface area contributed by atoms with E-state index >= 15 is 0 Å². The molecule has 1 heterocycles. The molecule has 7 nitrogen and oxygen atoms in total. The number of sulfonamides is 1. The lowest BCUT2D eigenvalue weighted by molar-refractivity contribution is 0.0693. The van der Waals surface area contributed by atoms with E-state index in [4.69, 9.17) is 0 Å². The molecule has 1 aliphatic rings. The number of nitrogens with one attached hydrogen (secondary N) is 2. The number of imide groups is 1. The molecule has 0 aliphatic carbocycles. The first kappa shape index (κ1) is 16.6. The van der Waals surface area contributed by atoms with Crippen LogP contribution in [0.3, 0.4) is 0 Å². The Hall–Kier alpha value is -1.77. The Morgan fingerprint density at radius 2 is 1.82 bits per heavy atom. The minimum absolute atomic E-state index is 0.0106. The van der Waals surface area contributed by atoms with Crippen LogP contribution in [-0.2, 0) is 10.0 Å². The molecular weight excluding hydrogens is 306 g/mol. The van der Waals surface area contributed by atoms with Crippen LogP contribution < -0.4 is 10.0 Å². The van der Waals surface area contributed by atoms with Crippen LogP contribution in [0.2, 0.25) is 0 Å². The maximum absolute atomic E-state index is 12.3. The minimum Gasteiger partial charge on any atom is -0.313 e. The number of hydrogen-bond acceptors (Lipinski definition) is 5. The highest BCUT2D eigenvalue weighted by atomic mass is 32.2. The van der Waals surface area contributed by atoms with Gasteiger partial charge >= 0.3 is 0 Å². The fourth-order valence-corrected chi connectivity index (χ4v) is 3.40. The first-order chi connectivity index (χ1) is 10.3. The summed E-state index contributed by atoms with van der Waals surface area (Å²) in [5.74, 6) is -0.907. The van der Waals surface area contributed by atoms with Gasteiger partial charge in [-0.1, -0.05) is 6.92 Å². The van der Waals surface area contributed by atoms with Gasteiger partial charge in [-0.2, -0.15) is 0 Å². The third-order valence-corrected chi connectivity index (χ3v) is 4.92. The predicted molar refractivity (Wildman–Crippen MR) is 81.2 cm³/mol. The number of hydrogen-bond donors (Lipinski definition) is 2. The Balaban J connectivity index is 2.24. The molecule has 0 fully saturated rings. The van der Waals surface area contributed by atoms with E-state index in [9.17, 15) is 18.0 Å². The van der Waals surface area contributed by atoms with E-state index < -0.39 is 21.8 Å². The first-order valence-corrected chi connectivity index (χ1v) is 8.45. The molecule has 2 N–H and O–H groups in total. The molecule has 1 aromatic rings. The van der Waals surface area contributed by atoms with Crippen molar-refractivity contribution in [2.75, 3.05) is 20.1 Å². The normalized spacial score (nSPS) is 16.0. The SMILES string of the molecule is CCN[C@H](C)CNS(=O)(=O)c1ccc2c(c1)C(=O)N(C)C2=O. The molecule has 0 radical (unpaired) electrons. The van der Waals surface area contributed by atoms with Gasteiger partial charge in [0.2, 0.25) is 10.0 Å². The zero-order chi connectivity index (χ0) is 16.5. The Labute approximate surface area is 129 Å². The number of fused-ring (bicyclic) bond motifs is 1. The van der Waals surface area contributed by atoms with Gasteiger partial charge in [-0.3, -0.25) is 14.5 Å². The second-order valence-corrected chi connectivity index (χ2v) is 6.95. The Bertz CT molecular complexity index is 715. The van der Waals surface area contributed by atoms with Crippen LogP contribution in [0.4, 0.5) is 0 Å². The van der Waals surface area contributed by atoms with E-state index in [-0.39, 0.29) is 28.6 Å². The van der Waals surface area contributed by atoms with Crippen LogP contribution in [0.15, 0.2) is 23.1 Å². The summed E-state index contributed by atoms with van der Waals surface area (Å²) in [5.41, 5.74) is 0.350. The maximum Gasteiger partial charge on any atom is 0.261 e. The average Bonchev–Trinajstić information content (AvgIpc) is 2.70. The van der Waals surface area contributed by atoms with Crippen LogP contribution in [0.25, 0.3) is 0 Å². The van der Waals surface area contributed by atoms with Gasteiger partial charge in [0, 0.05) is 19.6 Å². The second kappa shape index (κ2) is 6.15. The van der Waals surface area contributed by atoms with Gasteiger partial charge in [0.25, 0.3) is 11.8 Å². The highest BCUT2D eigenvalue weighted by molar-refractivity contribution is 7.89. The van der Waals surface area contributed by atoms with Crippen molar-refractivity contribution in [1.82, 2.24) is 14.9 Å². The zero-order valence-corrected chi connectivity index (χ0v) is 13.5. The van der Waals surface area contributed by atoms with Crippen LogP contribution in [0.5, 0.6) is 0 Å². The molecule has 2 amide bonds. The monoisotopic (exact) mass is 325 g/mol. The largest absolute Gasteiger partial charge is 0.313 e. The molecule has 0 unspecified atom stereocenters. The maximum atomic E-state index is 12.3. The van der Waals surface area contributed by atoms with Crippen LogP contribution in [-0.4, -0.2) is 51.3 Å². The Morgan fingerprint density at radius 1 is 1.18 bits per heavy atom. The van der Waals surface area contributed by atoms with Gasteiger partial charge in [-0.05, 0) is 31.7 Å². The lowest BCUT2D eigenvalue weighted by Crippen LogP contribution is -2.38. The molecular formula is C14H19N3O4S. The van der Waals surface area contributed by atoms with Crippen molar-refractivity contribution in [3.63, 3.8) is 0 Å². The standard InChI is InChI=1S/C14H19N3O4S/c1-4-15-9(2)8-16-22(20,21)10-5-6-11-12(7-10)14(19)17(3)13(11)18/h5-7,9,15-16H,4,8H2,1-3H3/t9-/m1/s1. The van der Waals surface area contributed by atoms with E-state index in [1.165, 1.54) is 25.2 Å². The molecule has 0 bridgehead atoms. The number of carbonyl (C=O) groups is 2. The quantitative estimate of drug-likeness (QED) is 0.728. The van der Waals surface area contributed by atoms with Gasteiger partial charge in [-0.25, -0.2) is 13.1 Å². The molecule has 1 aromatic carbocycles. The van der Waals surface area contributed by atoms with Crippen molar-refractivity contribution in [2.24, 2.45) is 0 Å². The zero-order valence-electron chi connectivity index (χ0n) is 12.7. The summed E-state index contributed by atoms with van der Waals surface area (Å²) in [5, 5.41) is 3.10. The summed E-state index contributed by atoms with van der Waals surface area (Å²) in [6.45, 7) is 4.78. The third-order valence-electron chi connectivity index (χ3n) is 3.50. The van der Waals surface area contributed by atoms with Crippen molar-refractivity contribution in [3.8, 4) is 0 Å². The van der Waals surface area contributed by atoms with E-state index in [1.807, 2.05) is 13.8 Å². The van der Waals surface area contributed by atoms with Crippen molar-refractivity contribution in [2.45, 2.75) is 24.8 Å². The van der Waals surface area contributed by atoms with Crippen LogP contribution in [0.1, 0.15) is 34.6 Å².